The van der Waals surface area contributed by atoms with Crippen molar-refractivity contribution in [1.29, 1.82) is 0 Å². The lowest BCUT2D eigenvalue weighted by Gasteiger charge is -2.10. The number of hydrogen-bond acceptors (Lipinski definition) is 0. The molecular formula is C29H25ClF4. The molecule has 0 fully saturated rings. The van der Waals surface area contributed by atoms with Gasteiger partial charge in [-0.1, -0.05) is 67.4 Å². The van der Waals surface area contributed by atoms with Gasteiger partial charge in [-0.15, -0.1) is 0 Å². The summed E-state index contributed by atoms with van der Waals surface area (Å²) in [6.07, 6.45) is 3.65. The molecule has 0 atom stereocenters. The minimum absolute atomic E-state index is 0.178. The molecule has 0 saturated heterocycles. The quantitative estimate of drug-likeness (QED) is 0.173. The molecule has 0 spiro atoms. The van der Waals surface area contributed by atoms with Gasteiger partial charge in [-0.05, 0) is 83.5 Å². The van der Waals surface area contributed by atoms with Gasteiger partial charge in [0.2, 0.25) is 0 Å². The van der Waals surface area contributed by atoms with Gasteiger partial charge >= 0.3 is 0 Å². The van der Waals surface area contributed by atoms with E-state index >= 15 is 4.39 Å². The summed E-state index contributed by atoms with van der Waals surface area (Å²) < 4.78 is 56.8. The Balaban J connectivity index is 1.46. The zero-order chi connectivity index (χ0) is 24.2. The van der Waals surface area contributed by atoms with Crippen LogP contribution in [-0.2, 0) is 32.1 Å². The van der Waals surface area contributed by atoms with Gasteiger partial charge in [-0.2, -0.15) is 0 Å². The first-order valence-electron chi connectivity index (χ1n) is 11.5. The van der Waals surface area contributed by atoms with E-state index in [1.807, 2.05) is 30.3 Å². The smallest absolute Gasteiger partial charge is 0.145 e. The van der Waals surface area contributed by atoms with E-state index in [1.165, 1.54) is 12.1 Å². The number of halogens is 5. The zero-order valence-electron chi connectivity index (χ0n) is 18.9. The molecule has 0 aliphatic rings. The first kappa shape index (κ1) is 24.3. The minimum Gasteiger partial charge on any atom is -0.207 e. The van der Waals surface area contributed by atoms with Crippen molar-refractivity contribution < 1.29 is 17.6 Å². The highest BCUT2D eigenvalue weighted by Gasteiger charge is 2.12. The van der Waals surface area contributed by atoms with Crippen molar-refractivity contribution in [2.24, 2.45) is 0 Å². The Labute approximate surface area is 202 Å². The van der Waals surface area contributed by atoms with Crippen LogP contribution in [0.1, 0.15) is 41.2 Å². The van der Waals surface area contributed by atoms with Crippen molar-refractivity contribution in [1.82, 2.24) is 0 Å². The fraction of sp³-hybridized carbons (Fsp3) is 0.241. The Morgan fingerprint density at radius 1 is 0.588 bits per heavy atom. The van der Waals surface area contributed by atoms with Crippen LogP contribution in [-0.4, -0.2) is 0 Å². The van der Waals surface area contributed by atoms with E-state index < -0.39 is 16.7 Å². The van der Waals surface area contributed by atoms with Crippen LogP contribution in [0.3, 0.4) is 0 Å². The highest BCUT2D eigenvalue weighted by Crippen LogP contribution is 2.26. The minimum atomic E-state index is -0.819. The summed E-state index contributed by atoms with van der Waals surface area (Å²) in [5, 5.41) is 0.721. The molecule has 0 bridgehead atoms. The molecule has 5 heteroatoms. The summed E-state index contributed by atoms with van der Waals surface area (Å²) in [4.78, 5) is 0. The Morgan fingerprint density at radius 3 is 1.88 bits per heavy atom. The van der Waals surface area contributed by atoms with Crippen LogP contribution in [0.15, 0.2) is 60.7 Å². The van der Waals surface area contributed by atoms with E-state index in [-0.39, 0.29) is 18.1 Å². The summed E-state index contributed by atoms with van der Waals surface area (Å²) in [6.45, 7) is 2.07. The van der Waals surface area contributed by atoms with Gasteiger partial charge in [0, 0.05) is 5.39 Å². The number of aryl methyl sites for hydroxylation is 5. The highest BCUT2D eigenvalue weighted by atomic mass is 35.5. The van der Waals surface area contributed by atoms with Gasteiger partial charge < -0.3 is 0 Å². The van der Waals surface area contributed by atoms with Crippen molar-refractivity contribution in [3.05, 3.63) is 117 Å². The average Bonchev–Trinajstić information content (AvgIpc) is 2.81. The highest BCUT2D eigenvalue weighted by molar-refractivity contribution is 6.30. The van der Waals surface area contributed by atoms with E-state index in [2.05, 4.69) is 6.92 Å². The number of benzene rings is 4. The zero-order valence-corrected chi connectivity index (χ0v) is 19.7. The molecular weight excluding hydrogens is 460 g/mol. The second kappa shape index (κ2) is 10.6. The SMILES string of the molecule is CCCc1ccc(CCc2ccc3c(F)c(CCc4cc(F)c(Cl)c(F)c4)ccc3c2)c(F)c1. The molecule has 0 unspecified atom stereocenters. The van der Waals surface area contributed by atoms with Crippen LogP contribution < -0.4 is 0 Å². The van der Waals surface area contributed by atoms with E-state index in [0.29, 0.717) is 41.3 Å². The molecule has 0 N–H and O–H groups in total. The Bertz CT molecular complexity index is 1310. The fourth-order valence-corrected chi connectivity index (χ4v) is 4.39. The normalized spacial score (nSPS) is 11.4. The van der Waals surface area contributed by atoms with Gasteiger partial charge in [0.15, 0.2) is 0 Å². The lowest BCUT2D eigenvalue weighted by atomic mass is 9.97. The van der Waals surface area contributed by atoms with E-state index in [4.69, 9.17) is 11.6 Å². The van der Waals surface area contributed by atoms with Crippen LogP contribution in [0.5, 0.6) is 0 Å². The predicted molar refractivity (Wildman–Crippen MR) is 130 cm³/mol. The maximum absolute atomic E-state index is 15.1. The molecule has 0 amide bonds. The predicted octanol–water partition coefficient (Wildman–Crippen LogP) is 8.57. The van der Waals surface area contributed by atoms with E-state index in [9.17, 15) is 13.2 Å². The van der Waals surface area contributed by atoms with E-state index in [0.717, 1.165) is 29.4 Å². The molecule has 34 heavy (non-hydrogen) atoms. The average molecular weight is 485 g/mol. The maximum Gasteiger partial charge on any atom is 0.145 e. The maximum atomic E-state index is 15.1. The van der Waals surface area contributed by atoms with Crippen molar-refractivity contribution in [2.75, 3.05) is 0 Å². The Morgan fingerprint density at radius 2 is 1.18 bits per heavy atom. The van der Waals surface area contributed by atoms with Gasteiger partial charge in [0.1, 0.15) is 28.3 Å². The molecule has 0 saturated carbocycles. The standard InChI is InChI=1S/C29H25ClF4/c1-2-3-18-4-8-21(25(31)15-18)9-5-19-7-13-24-23(14-19)12-11-22(29(24)34)10-6-20-16-26(32)28(30)27(33)17-20/h4,7-8,11-17H,2-3,5-6,9-10H2,1H3. The summed E-state index contributed by atoms with van der Waals surface area (Å²) >= 11 is 5.52. The lowest BCUT2D eigenvalue weighted by Crippen LogP contribution is -1.99. The van der Waals surface area contributed by atoms with Crippen molar-refractivity contribution >= 4 is 22.4 Å². The second-order valence-electron chi connectivity index (χ2n) is 8.64. The van der Waals surface area contributed by atoms with E-state index in [1.54, 1.807) is 18.2 Å². The molecule has 176 valence electrons. The van der Waals surface area contributed by atoms with Crippen molar-refractivity contribution in [2.45, 2.75) is 45.4 Å². The van der Waals surface area contributed by atoms with Gasteiger partial charge in [-0.3, -0.25) is 0 Å². The molecule has 0 aliphatic carbocycles. The number of rotatable bonds is 8. The first-order valence-corrected chi connectivity index (χ1v) is 11.8. The fourth-order valence-electron chi connectivity index (χ4n) is 4.28. The third-order valence-corrected chi connectivity index (χ3v) is 6.53. The molecule has 4 rings (SSSR count). The topological polar surface area (TPSA) is 0 Å². The Kier molecular flexibility index (Phi) is 7.57. The molecule has 4 aromatic carbocycles. The van der Waals surface area contributed by atoms with Gasteiger partial charge in [-0.25, -0.2) is 17.6 Å². The first-order chi connectivity index (χ1) is 16.4. The molecule has 4 aromatic rings. The summed E-state index contributed by atoms with van der Waals surface area (Å²) in [6, 6.07) is 16.9. The van der Waals surface area contributed by atoms with Gasteiger partial charge in [0.05, 0.1) is 0 Å². The number of hydrogen-bond donors (Lipinski definition) is 0. The van der Waals surface area contributed by atoms with Crippen LogP contribution in [0, 0.1) is 23.3 Å². The summed E-state index contributed by atoms with van der Waals surface area (Å²) in [7, 11) is 0. The van der Waals surface area contributed by atoms with Crippen LogP contribution in [0.4, 0.5) is 17.6 Å². The lowest BCUT2D eigenvalue weighted by molar-refractivity contribution is 0.579. The van der Waals surface area contributed by atoms with Crippen molar-refractivity contribution in [3.63, 3.8) is 0 Å². The molecule has 0 nitrogen and oxygen atoms in total. The van der Waals surface area contributed by atoms with Crippen molar-refractivity contribution in [3.8, 4) is 0 Å². The third-order valence-electron chi connectivity index (χ3n) is 6.16. The Hall–Kier alpha value is -2.85. The third kappa shape index (κ3) is 5.44. The summed E-state index contributed by atoms with van der Waals surface area (Å²) in [5.74, 6) is -2.15. The van der Waals surface area contributed by atoms with Crippen LogP contribution >= 0.6 is 11.6 Å². The molecule has 0 radical (unpaired) electrons. The van der Waals surface area contributed by atoms with Crippen LogP contribution in [0.25, 0.3) is 10.8 Å². The summed E-state index contributed by atoms with van der Waals surface area (Å²) in [5.41, 5.74) is 3.59. The molecule has 0 heterocycles. The molecule has 0 aliphatic heterocycles. The second-order valence-corrected chi connectivity index (χ2v) is 9.02. The monoisotopic (exact) mass is 484 g/mol. The largest absolute Gasteiger partial charge is 0.207 e. The molecule has 0 aromatic heterocycles. The number of fused-ring (bicyclic) bond motifs is 1. The van der Waals surface area contributed by atoms with Gasteiger partial charge in [0.25, 0.3) is 0 Å². The van der Waals surface area contributed by atoms with Crippen LogP contribution in [0.2, 0.25) is 5.02 Å².